The number of benzene rings is 2. The number of ether oxygens (including phenoxy) is 6. The Morgan fingerprint density at radius 2 is 1.29 bits per heavy atom. The molecule has 25 atom stereocenters. The molecule has 2 aromatic rings. The number of amides is 4. The summed E-state index contributed by atoms with van der Waals surface area (Å²) in [5.41, 5.74) is 19.5. The Labute approximate surface area is 544 Å². The van der Waals surface area contributed by atoms with Crippen molar-refractivity contribution < 1.29 is 124 Å². The predicted octanol–water partition coefficient (Wildman–Crippen LogP) is -10.2. The van der Waals surface area contributed by atoms with Crippen LogP contribution in [-0.2, 0) is 58.9 Å². The van der Waals surface area contributed by atoms with Gasteiger partial charge in [-0.2, -0.15) is 0 Å². The van der Waals surface area contributed by atoms with E-state index in [1.165, 1.54) is 24.3 Å². The van der Waals surface area contributed by atoms with Gasteiger partial charge in [0.15, 0.2) is 30.5 Å². The van der Waals surface area contributed by atoms with Crippen LogP contribution in [0.5, 0.6) is 5.75 Å². The first kappa shape index (κ1) is 75.5. The number of nitrogens with zero attached hydrogens (tertiary/aromatic N) is 3. The average molecular weight is 1350 g/mol. The number of esters is 1. The molecule has 0 aromatic heterocycles. The molecule has 24 N–H and O–H groups in total. The minimum atomic E-state index is -2.27. The highest BCUT2D eigenvalue weighted by atomic mass is 16.7. The number of aliphatic imine (C=N–C) groups is 2. The van der Waals surface area contributed by atoms with Crippen LogP contribution in [0.4, 0.5) is 0 Å². The van der Waals surface area contributed by atoms with Crippen molar-refractivity contribution in [3.8, 4) is 5.75 Å². The summed E-state index contributed by atoms with van der Waals surface area (Å²) in [5, 5.41) is 153. The zero-order chi connectivity index (χ0) is 69.5. The molecule has 3 saturated heterocycles. The van der Waals surface area contributed by atoms with Gasteiger partial charge in [0.05, 0.1) is 57.6 Å². The van der Waals surface area contributed by atoms with E-state index < -0.39 is 227 Å². The Hall–Kier alpha value is -6.92. The first-order valence-electron chi connectivity index (χ1n) is 31.1. The van der Waals surface area contributed by atoms with Gasteiger partial charge in [0.1, 0.15) is 116 Å². The Bertz CT molecular complexity index is 2910. The summed E-state index contributed by atoms with van der Waals surface area (Å²) in [6, 6.07) is 2.09. The molecule has 530 valence electrons. The Kier molecular flexibility index (Phi) is 27.7. The zero-order valence-electron chi connectivity index (χ0n) is 52.0. The lowest BCUT2D eigenvalue weighted by Gasteiger charge is -2.46. The van der Waals surface area contributed by atoms with Crippen LogP contribution in [0.2, 0.25) is 0 Å². The molecule has 5 aliphatic heterocycles. The normalized spacial score (nSPS) is 31.7. The fraction of sp³-hybridized carbons (Fsp3) is 0.661. The van der Waals surface area contributed by atoms with Gasteiger partial charge >= 0.3 is 5.97 Å². The van der Waals surface area contributed by atoms with Gasteiger partial charge in [-0.3, -0.25) is 34.0 Å². The van der Waals surface area contributed by atoms with Crippen molar-refractivity contribution in [1.29, 1.82) is 0 Å². The van der Waals surface area contributed by atoms with Gasteiger partial charge < -0.3 is 148 Å². The summed E-state index contributed by atoms with van der Waals surface area (Å²) in [6.45, 7) is -0.762. The highest BCUT2D eigenvalue weighted by Crippen LogP contribution is 2.33. The third-order valence-electron chi connectivity index (χ3n) is 17.2. The number of nitrogens with two attached hydrogens (primary N) is 3. The summed E-state index contributed by atoms with van der Waals surface area (Å²) < 4.78 is 34.5. The van der Waals surface area contributed by atoms with E-state index in [9.17, 15) is 95.2 Å². The summed E-state index contributed by atoms with van der Waals surface area (Å²) in [7, 11) is 0. The molecule has 7 rings (SSSR count). The SMILES string of the molecule is CCCCCCC(=O)OC1C(OC2C(CO)OC(Oc3ccc(CC(NC(=O)C(N)C(C)c4ccccc4)C(=O)NC(C(=O)NC(C(=O)NC(C=O)CO)C(O)C4CN=C(N)N4C4OC(CO)C(O)C(O)C4O)C(O)C4CN=C(N)N4)cc3)C(O)C2O)OC(CO)C(O)C1O. The second kappa shape index (κ2) is 34.8. The quantitative estimate of drug-likeness (QED) is 0.0184. The van der Waals surface area contributed by atoms with Crippen molar-refractivity contribution in [2.45, 2.75) is 205 Å². The summed E-state index contributed by atoms with van der Waals surface area (Å²) in [5.74, 6) is -7.00. The number of guanidine groups is 2. The minimum absolute atomic E-state index is 0.0537. The van der Waals surface area contributed by atoms with Crippen molar-refractivity contribution in [3.63, 3.8) is 0 Å². The standard InChI is InChI=1S/C59H89N11O25/c1-3-4-5-9-12-36(76)94-50-45(82)43(80)34(23-74)92-57(50)95-49-35(24-75)93-56(48(85)46(49)83)90-29-15-13-26(14-16-29)17-30(66-52(87)37(60)25(2)27-10-7-6-8-11-27)51(86)68-38(40(77)31-18-63-58(61)67-31)54(89)69-39(53(88)65-28(20-71)21-72)41(78)32-19-64-59(62)70(32)55-47(84)44(81)42(79)33(22-73)91-55/h6-8,10-11,13-16,20,25,28,30-35,37-50,55-57,72-75,77-85H,3-5,9,12,17-19,21-24,60H2,1-2H3,(H2,62,64)(H,65,88)(H,66,87)(H,68,86)(H,69,89)(H3,61,63,67). The van der Waals surface area contributed by atoms with Crippen molar-refractivity contribution >= 4 is 47.8 Å². The molecule has 4 amide bonds. The third kappa shape index (κ3) is 18.4. The number of carbonyl (C=O) groups excluding carboxylic acids is 6. The van der Waals surface area contributed by atoms with Crippen LogP contribution in [-0.4, -0.2) is 305 Å². The number of nitrogens with one attached hydrogen (secondary N) is 5. The van der Waals surface area contributed by atoms with Crippen LogP contribution in [0.1, 0.15) is 63.0 Å². The maximum absolute atomic E-state index is 15.0. The molecule has 3 fully saturated rings. The number of aldehydes is 1. The predicted molar refractivity (Wildman–Crippen MR) is 325 cm³/mol. The molecule has 5 aliphatic rings. The number of aliphatic hydroxyl groups is 13. The monoisotopic (exact) mass is 1350 g/mol. The van der Waals surface area contributed by atoms with Crippen molar-refractivity contribution in [3.05, 3.63) is 65.7 Å². The average Bonchev–Trinajstić information content (AvgIpc) is 1.77. The van der Waals surface area contributed by atoms with Crippen molar-refractivity contribution in [1.82, 2.24) is 31.5 Å². The zero-order valence-corrected chi connectivity index (χ0v) is 52.0. The highest BCUT2D eigenvalue weighted by molar-refractivity contribution is 5.96. The van der Waals surface area contributed by atoms with Crippen LogP contribution in [0, 0.1) is 0 Å². The Morgan fingerprint density at radius 1 is 0.684 bits per heavy atom. The summed E-state index contributed by atoms with van der Waals surface area (Å²) in [6.07, 6.45) is -28.3. The number of hydrogen-bond acceptors (Lipinski definition) is 32. The maximum Gasteiger partial charge on any atom is 0.306 e. The number of unbranched alkanes of at least 4 members (excludes halogenated alkanes) is 3. The fourth-order valence-corrected chi connectivity index (χ4v) is 11.5. The molecule has 36 heteroatoms. The Morgan fingerprint density at radius 3 is 1.92 bits per heavy atom. The first-order valence-corrected chi connectivity index (χ1v) is 31.1. The molecule has 5 heterocycles. The van der Waals surface area contributed by atoms with Crippen molar-refractivity contribution in [2.24, 2.45) is 27.2 Å². The molecule has 2 aromatic carbocycles. The largest absolute Gasteiger partial charge is 0.462 e. The highest BCUT2D eigenvalue weighted by Gasteiger charge is 2.55. The van der Waals surface area contributed by atoms with E-state index in [0.717, 1.165) is 17.7 Å². The van der Waals surface area contributed by atoms with Crippen LogP contribution >= 0.6 is 0 Å². The van der Waals surface area contributed by atoms with Gasteiger partial charge in [-0.05, 0) is 29.7 Å². The second-order valence-corrected chi connectivity index (χ2v) is 23.8. The Balaban J connectivity index is 1.13. The first-order chi connectivity index (χ1) is 45.3. The van der Waals surface area contributed by atoms with Crippen LogP contribution in [0.25, 0.3) is 0 Å². The minimum Gasteiger partial charge on any atom is -0.462 e. The van der Waals surface area contributed by atoms with Gasteiger partial charge in [0, 0.05) is 18.8 Å². The second-order valence-electron chi connectivity index (χ2n) is 23.8. The van der Waals surface area contributed by atoms with E-state index in [4.69, 9.17) is 45.6 Å². The number of aliphatic hydroxyl groups excluding tert-OH is 13. The number of rotatable bonds is 32. The van der Waals surface area contributed by atoms with Gasteiger partial charge in [-0.1, -0.05) is 75.6 Å². The lowest BCUT2D eigenvalue weighted by Crippen LogP contribution is -2.70. The molecule has 0 bridgehead atoms. The number of carbonyl (C=O) groups is 6. The molecular weight excluding hydrogens is 1260 g/mol. The molecule has 0 spiro atoms. The van der Waals surface area contributed by atoms with E-state index in [1.54, 1.807) is 37.3 Å². The molecule has 0 radical (unpaired) electrons. The van der Waals surface area contributed by atoms with E-state index in [2.05, 4.69) is 36.6 Å². The summed E-state index contributed by atoms with van der Waals surface area (Å²) >= 11 is 0. The number of hydrogen-bond donors (Lipinski definition) is 21. The van der Waals surface area contributed by atoms with Gasteiger partial charge in [-0.15, -0.1) is 0 Å². The van der Waals surface area contributed by atoms with E-state index in [-0.39, 0.29) is 36.5 Å². The molecule has 95 heavy (non-hydrogen) atoms. The third-order valence-corrected chi connectivity index (χ3v) is 17.2. The molecule has 0 aliphatic carbocycles. The lowest BCUT2D eigenvalue weighted by atomic mass is 9.93. The topological polar surface area (TPSA) is 587 Å². The molecule has 25 unspecified atom stereocenters. The van der Waals surface area contributed by atoms with Crippen LogP contribution in [0.15, 0.2) is 64.6 Å². The molecule has 36 nitrogen and oxygen atoms in total. The van der Waals surface area contributed by atoms with E-state index >= 15 is 0 Å². The molecular formula is C59H89N11O25. The van der Waals surface area contributed by atoms with Crippen LogP contribution < -0.4 is 48.5 Å². The van der Waals surface area contributed by atoms with E-state index in [0.29, 0.717) is 18.4 Å². The van der Waals surface area contributed by atoms with Crippen molar-refractivity contribution in [2.75, 3.05) is 39.5 Å². The maximum atomic E-state index is 15.0. The molecule has 0 saturated carbocycles. The van der Waals surface area contributed by atoms with Gasteiger partial charge in [-0.25, -0.2) is 0 Å². The van der Waals surface area contributed by atoms with Gasteiger partial charge in [0.2, 0.25) is 29.9 Å². The summed E-state index contributed by atoms with van der Waals surface area (Å²) in [4.78, 5) is 92.1. The van der Waals surface area contributed by atoms with Crippen LogP contribution in [0.3, 0.4) is 0 Å². The lowest BCUT2D eigenvalue weighted by molar-refractivity contribution is -0.353. The smallest absolute Gasteiger partial charge is 0.306 e. The van der Waals surface area contributed by atoms with E-state index in [1.807, 2.05) is 6.92 Å². The van der Waals surface area contributed by atoms with Gasteiger partial charge in [0.25, 0.3) is 0 Å². The fourth-order valence-electron chi connectivity index (χ4n) is 11.5.